The van der Waals surface area contributed by atoms with Gasteiger partial charge < -0.3 is 15.2 Å². The van der Waals surface area contributed by atoms with Crippen molar-refractivity contribution in [2.75, 3.05) is 40.4 Å². The van der Waals surface area contributed by atoms with Crippen molar-refractivity contribution in [3.05, 3.63) is 0 Å². The van der Waals surface area contributed by atoms with E-state index >= 15 is 0 Å². The Morgan fingerprint density at radius 2 is 2.21 bits per heavy atom. The summed E-state index contributed by atoms with van der Waals surface area (Å²) in [5, 5.41) is 0. The monoisotopic (exact) mass is 204 g/mol. The first-order valence-electron chi connectivity index (χ1n) is 4.71. The quantitative estimate of drug-likeness (QED) is 0.564. The van der Waals surface area contributed by atoms with Crippen LogP contribution in [0.4, 0.5) is 0 Å². The van der Waals surface area contributed by atoms with Crippen molar-refractivity contribution in [3.8, 4) is 0 Å². The molecule has 14 heavy (non-hydrogen) atoms. The molecule has 0 aliphatic carbocycles. The van der Waals surface area contributed by atoms with Crippen molar-refractivity contribution >= 4 is 5.97 Å². The van der Waals surface area contributed by atoms with Gasteiger partial charge in [-0.2, -0.15) is 0 Å². The summed E-state index contributed by atoms with van der Waals surface area (Å²) < 4.78 is 9.90. The van der Waals surface area contributed by atoms with Crippen LogP contribution in [0.2, 0.25) is 0 Å². The Balaban J connectivity index is 3.77. The minimum Gasteiger partial charge on any atom is -0.468 e. The van der Waals surface area contributed by atoms with E-state index in [1.165, 1.54) is 7.11 Å². The zero-order valence-electron chi connectivity index (χ0n) is 9.16. The molecule has 0 saturated heterocycles. The molecular formula is C9H20N2O3. The number of carbonyl (C=O) groups is 1. The zero-order valence-corrected chi connectivity index (χ0v) is 9.16. The third-order valence-electron chi connectivity index (χ3n) is 1.81. The first-order valence-corrected chi connectivity index (χ1v) is 4.71. The Morgan fingerprint density at radius 3 is 2.64 bits per heavy atom. The average Bonchev–Trinajstić information content (AvgIpc) is 2.16. The first kappa shape index (κ1) is 13.4. The summed E-state index contributed by atoms with van der Waals surface area (Å²) in [6.45, 7) is 3.91. The van der Waals surface area contributed by atoms with Crippen LogP contribution in [0.15, 0.2) is 0 Å². The second kappa shape index (κ2) is 7.73. The normalized spacial score (nSPS) is 12.9. The van der Waals surface area contributed by atoms with Gasteiger partial charge in [0.15, 0.2) is 0 Å². The van der Waals surface area contributed by atoms with Crippen LogP contribution >= 0.6 is 0 Å². The van der Waals surface area contributed by atoms with Crippen molar-refractivity contribution < 1.29 is 14.3 Å². The van der Waals surface area contributed by atoms with Gasteiger partial charge >= 0.3 is 5.97 Å². The summed E-state index contributed by atoms with van der Waals surface area (Å²) >= 11 is 0. The van der Waals surface area contributed by atoms with Crippen LogP contribution in [0.5, 0.6) is 0 Å². The summed E-state index contributed by atoms with van der Waals surface area (Å²) in [6, 6.07) is 0. The van der Waals surface area contributed by atoms with Gasteiger partial charge in [-0.05, 0) is 14.0 Å². The Morgan fingerprint density at radius 1 is 1.57 bits per heavy atom. The van der Waals surface area contributed by atoms with Crippen molar-refractivity contribution in [1.29, 1.82) is 0 Å². The summed E-state index contributed by atoms with van der Waals surface area (Å²) in [5.41, 5.74) is 5.50. The molecule has 1 unspecified atom stereocenters. The zero-order chi connectivity index (χ0) is 11.0. The molecule has 0 spiro atoms. The Bertz CT molecular complexity index is 164. The number of nitrogens with zero attached hydrogens (tertiary/aromatic N) is 1. The molecule has 0 aromatic rings. The van der Waals surface area contributed by atoms with Crippen LogP contribution < -0.4 is 5.73 Å². The van der Waals surface area contributed by atoms with Gasteiger partial charge in [0.2, 0.25) is 0 Å². The number of rotatable bonds is 7. The third-order valence-corrected chi connectivity index (χ3v) is 1.81. The van der Waals surface area contributed by atoms with E-state index in [9.17, 15) is 4.79 Å². The number of hydrogen-bond donors (Lipinski definition) is 1. The number of likely N-dealkylation sites (N-methyl/N-ethyl adjacent to an activating group) is 1. The summed E-state index contributed by atoms with van der Waals surface area (Å²) in [4.78, 5) is 12.7. The molecule has 5 heteroatoms. The Hall–Kier alpha value is -0.650. The molecule has 0 aliphatic rings. The van der Waals surface area contributed by atoms with Gasteiger partial charge in [-0.3, -0.25) is 9.69 Å². The lowest BCUT2D eigenvalue weighted by molar-refractivity contribution is -0.141. The molecule has 0 aromatic carbocycles. The molecule has 0 rings (SSSR count). The predicted octanol–water partition coefficient (Wildman–Crippen LogP) is -0.545. The second-order valence-electron chi connectivity index (χ2n) is 3.09. The lowest BCUT2D eigenvalue weighted by Crippen LogP contribution is -2.38. The van der Waals surface area contributed by atoms with E-state index in [0.717, 1.165) is 0 Å². The topological polar surface area (TPSA) is 64.8 Å². The maximum atomic E-state index is 10.9. The number of ether oxygens (including phenoxy) is 2. The van der Waals surface area contributed by atoms with E-state index in [0.29, 0.717) is 19.7 Å². The van der Waals surface area contributed by atoms with Crippen LogP contribution in [0.1, 0.15) is 6.92 Å². The number of hydrogen-bond acceptors (Lipinski definition) is 5. The highest BCUT2D eigenvalue weighted by Crippen LogP contribution is 1.94. The second-order valence-corrected chi connectivity index (χ2v) is 3.09. The Labute approximate surface area is 85.1 Å². The van der Waals surface area contributed by atoms with Crippen LogP contribution in [0, 0.1) is 0 Å². The maximum absolute atomic E-state index is 10.9. The molecule has 0 amide bonds. The SMILES string of the molecule is CCOC(CN)CN(C)CC(=O)OC. The van der Waals surface area contributed by atoms with E-state index in [1.54, 1.807) is 0 Å². The van der Waals surface area contributed by atoms with Gasteiger partial charge in [0.05, 0.1) is 19.8 Å². The molecule has 0 bridgehead atoms. The van der Waals surface area contributed by atoms with Gasteiger partial charge in [-0.25, -0.2) is 0 Å². The van der Waals surface area contributed by atoms with E-state index < -0.39 is 0 Å². The fourth-order valence-corrected chi connectivity index (χ4v) is 1.13. The van der Waals surface area contributed by atoms with Gasteiger partial charge in [-0.15, -0.1) is 0 Å². The highest BCUT2D eigenvalue weighted by atomic mass is 16.5. The summed E-state index contributed by atoms with van der Waals surface area (Å²) in [7, 11) is 3.21. The molecule has 2 N–H and O–H groups in total. The van der Waals surface area contributed by atoms with Gasteiger partial charge in [0, 0.05) is 19.7 Å². The standard InChI is InChI=1S/C9H20N2O3/c1-4-14-8(5-10)6-11(2)7-9(12)13-3/h8H,4-7,10H2,1-3H3. The van der Waals surface area contributed by atoms with Crippen molar-refractivity contribution in [2.45, 2.75) is 13.0 Å². The van der Waals surface area contributed by atoms with E-state index in [1.807, 2.05) is 18.9 Å². The molecule has 84 valence electrons. The summed E-state index contributed by atoms with van der Waals surface area (Å²) in [5.74, 6) is -0.250. The molecule has 0 fully saturated rings. The molecule has 1 atom stereocenters. The van der Waals surface area contributed by atoms with Crippen LogP contribution in [0.25, 0.3) is 0 Å². The highest BCUT2D eigenvalue weighted by molar-refractivity contribution is 5.71. The number of esters is 1. The average molecular weight is 204 g/mol. The molecule has 0 aliphatic heterocycles. The number of nitrogens with two attached hydrogens (primary N) is 1. The van der Waals surface area contributed by atoms with Gasteiger partial charge in [0.25, 0.3) is 0 Å². The van der Waals surface area contributed by atoms with Crippen LogP contribution in [0.3, 0.4) is 0 Å². The minimum absolute atomic E-state index is 0.0188. The van der Waals surface area contributed by atoms with Gasteiger partial charge in [0.1, 0.15) is 0 Å². The largest absolute Gasteiger partial charge is 0.468 e. The fraction of sp³-hybridized carbons (Fsp3) is 0.889. The van der Waals surface area contributed by atoms with E-state index in [4.69, 9.17) is 10.5 Å². The number of methoxy groups -OCH3 is 1. The van der Waals surface area contributed by atoms with Crippen molar-refractivity contribution in [2.24, 2.45) is 5.73 Å². The van der Waals surface area contributed by atoms with E-state index in [2.05, 4.69) is 4.74 Å². The molecule has 0 heterocycles. The third kappa shape index (κ3) is 5.90. The fourth-order valence-electron chi connectivity index (χ4n) is 1.13. The molecular weight excluding hydrogens is 184 g/mol. The number of carbonyl (C=O) groups excluding carboxylic acids is 1. The van der Waals surface area contributed by atoms with E-state index in [-0.39, 0.29) is 18.6 Å². The molecule has 0 aromatic heterocycles. The van der Waals surface area contributed by atoms with Crippen LogP contribution in [-0.4, -0.2) is 57.4 Å². The summed E-state index contributed by atoms with van der Waals surface area (Å²) in [6.07, 6.45) is -0.0188. The molecule has 0 radical (unpaired) electrons. The van der Waals surface area contributed by atoms with Crippen molar-refractivity contribution in [1.82, 2.24) is 4.90 Å². The molecule has 0 saturated carbocycles. The van der Waals surface area contributed by atoms with Crippen LogP contribution in [-0.2, 0) is 14.3 Å². The van der Waals surface area contributed by atoms with Gasteiger partial charge in [-0.1, -0.05) is 0 Å². The lowest BCUT2D eigenvalue weighted by atomic mass is 10.3. The highest BCUT2D eigenvalue weighted by Gasteiger charge is 2.12. The first-order chi connectivity index (χ1) is 6.63. The smallest absolute Gasteiger partial charge is 0.319 e. The maximum Gasteiger partial charge on any atom is 0.319 e. The Kier molecular flexibility index (Phi) is 7.37. The van der Waals surface area contributed by atoms with Crippen molar-refractivity contribution in [3.63, 3.8) is 0 Å². The lowest BCUT2D eigenvalue weighted by Gasteiger charge is -2.21. The molecule has 5 nitrogen and oxygen atoms in total. The minimum atomic E-state index is -0.250. The predicted molar refractivity (Wildman–Crippen MR) is 54.0 cm³/mol.